The van der Waals surface area contributed by atoms with Crippen molar-refractivity contribution in [3.05, 3.63) is 79.1 Å². The van der Waals surface area contributed by atoms with Crippen molar-refractivity contribution in [3.8, 4) is 34.6 Å². The second kappa shape index (κ2) is 7.32. The maximum absolute atomic E-state index is 13.3. The molecule has 0 saturated heterocycles. The number of hydrogen-bond acceptors (Lipinski definition) is 5. The summed E-state index contributed by atoms with van der Waals surface area (Å²) in [5, 5.41) is 0. The molecule has 0 atom stereocenters. The van der Waals surface area contributed by atoms with E-state index < -0.39 is 0 Å². The Labute approximate surface area is 170 Å². The van der Waals surface area contributed by atoms with Crippen LogP contribution in [0.2, 0.25) is 0 Å². The second-order valence-electron chi connectivity index (χ2n) is 6.61. The van der Waals surface area contributed by atoms with Crippen molar-refractivity contribution in [2.45, 2.75) is 0 Å². The summed E-state index contributed by atoms with van der Waals surface area (Å²) in [5.74, 6) is 3.04. The predicted octanol–water partition coefficient (Wildman–Crippen LogP) is 5.08. The number of aromatic amines is 1. The first kappa shape index (κ1) is 17.9. The van der Waals surface area contributed by atoms with Crippen LogP contribution in [0.25, 0.3) is 22.7 Å². The Morgan fingerprint density at radius 3 is 2.57 bits per heavy atom. The number of H-pyrrole nitrogens is 1. The molecular formula is C22H16FN5O2. The molecule has 3 aromatic heterocycles. The molecule has 148 valence electrons. The van der Waals surface area contributed by atoms with E-state index in [1.165, 1.54) is 12.1 Å². The number of halogens is 1. The summed E-state index contributed by atoms with van der Waals surface area (Å²) in [7, 11) is 1.89. The van der Waals surface area contributed by atoms with E-state index in [1.54, 1.807) is 42.9 Å². The number of rotatable bonds is 5. The first-order valence-electron chi connectivity index (χ1n) is 9.18. The van der Waals surface area contributed by atoms with Gasteiger partial charge < -0.3 is 19.0 Å². The van der Waals surface area contributed by atoms with Gasteiger partial charge in [0.25, 0.3) is 0 Å². The first-order valence-corrected chi connectivity index (χ1v) is 9.18. The molecule has 30 heavy (non-hydrogen) atoms. The van der Waals surface area contributed by atoms with Gasteiger partial charge >= 0.3 is 0 Å². The van der Waals surface area contributed by atoms with Gasteiger partial charge in [0, 0.05) is 37.8 Å². The van der Waals surface area contributed by atoms with Crippen molar-refractivity contribution in [1.29, 1.82) is 0 Å². The molecule has 1 N–H and O–H groups in total. The van der Waals surface area contributed by atoms with Gasteiger partial charge in [-0.2, -0.15) is 0 Å². The standard InChI is InChI=1S/C22H16FN5O2/c1-28-10-9-25-22(28)21-26-18-11-17(29-16-3-2-8-24-13-16)12-19(20(18)27-21)30-15-6-4-14(23)5-7-15/h2-13H,1H3,(H,26,27). The molecule has 0 unspecified atom stereocenters. The van der Waals surface area contributed by atoms with E-state index in [9.17, 15) is 4.39 Å². The number of pyridine rings is 1. The molecule has 0 spiro atoms. The topological polar surface area (TPSA) is 77.8 Å². The number of imidazole rings is 2. The van der Waals surface area contributed by atoms with Crippen LogP contribution in [-0.2, 0) is 7.05 Å². The Bertz CT molecular complexity index is 1310. The third-order valence-corrected chi connectivity index (χ3v) is 4.47. The Hall–Kier alpha value is -4.20. The summed E-state index contributed by atoms with van der Waals surface area (Å²) in [6, 6.07) is 13.0. The second-order valence-corrected chi connectivity index (χ2v) is 6.61. The van der Waals surface area contributed by atoms with Crippen molar-refractivity contribution < 1.29 is 13.9 Å². The Balaban J connectivity index is 1.61. The van der Waals surface area contributed by atoms with Crippen LogP contribution in [0, 0.1) is 5.82 Å². The van der Waals surface area contributed by atoms with E-state index in [0.717, 1.165) is 0 Å². The lowest BCUT2D eigenvalue weighted by molar-refractivity contribution is 0.462. The molecule has 5 rings (SSSR count). The van der Waals surface area contributed by atoms with Crippen molar-refractivity contribution in [2.75, 3.05) is 0 Å². The third-order valence-electron chi connectivity index (χ3n) is 4.47. The molecule has 0 aliphatic rings. The van der Waals surface area contributed by atoms with Crippen LogP contribution in [0.3, 0.4) is 0 Å². The van der Waals surface area contributed by atoms with E-state index in [1.807, 2.05) is 29.9 Å². The average Bonchev–Trinajstić information content (AvgIpc) is 3.36. The fraction of sp³-hybridized carbons (Fsp3) is 0.0455. The van der Waals surface area contributed by atoms with Gasteiger partial charge in [0.2, 0.25) is 0 Å². The lowest BCUT2D eigenvalue weighted by atomic mass is 10.2. The normalized spacial score (nSPS) is 11.0. The highest BCUT2D eigenvalue weighted by molar-refractivity contribution is 5.86. The molecule has 0 bridgehead atoms. The Morgan fingerprint density at radius 2 is 1.83 bits per heavy atom. The molecule has 0 saturated carbocycles. The number of aryl methyl sites for hydroxylation is 1. The van der Waals surface area contributed by atoms with Crippen LogP contribution in [-0.4, -0.2) is 24.5 Å². The lowest BCUT2D eigenvalue weighted by Crippen LogP contribution is -1.92. The maximum atomic E-state index is 13.3. The number of fused-ring (bicyclic) bond motifs is 1. The fourth-order valence-electron chi connectivity index (χ4n) is 3.07. The zero-order valence-corrected chi connectivity index (χ0v) is 15.9. The van der Waals surface area contributed by atoms with Gasteiger partial charge in [0.1, 0.15) is 28.6 Å². The summed E-state index contributed by atoms with van der Waals surface area (Å²) in [4.78, 5) is 16.4. The summed E-state index contributed by atoms with van der Waals surface area (Å²) < 4.78 is 27.1. The molecule has 7 nitrogen and oxygen atoms in total. The maximum Gasteiger partial charge on any atom is 0.175 e. The highest BCUT2D eigenvalue weighted by Gasteiger charge is 2.16. The first-order chi connectivity index (χ1) is 14.7. The zero-order valence-electron chi connectivity index (χ0n) is 15.9. The van der Waals surface area contributed by atoms with E-state index >= 15 is 0 Å². The van der Waals surface area contributed by atoms with Crippen molar-refractivity contribution in [3.63, 3.8) is 0 Å². The summed E-state index contributed by atoms with van der Waals surface area (Å²) >= 11 is 0. The molecule has 0 radical (unpaired) electrons. The minimum atomic E-state index is -0.335. The van der Waals surface area contributed by atoms with Gasteiger partial charge in [-0.3, -0.25) is 4.98 Å². The number of hydrogen-bond donors (Lipinski definition) is 1. The highest BCUT2D eigenvalue weighted by Crippen LogP contribution is 2.36. The minimum Gasteiger partial charge on any atom is -0.456 e. The Kier molecular flexibility index (Phi) is 4.36. The third kappa shape index (κ3) is 3.46. The largest absolute Gasteiger partial charge is 0.456 e. The Morgan fingerprint density at radius 1 is 0.967 bits per heavy atom. The SMILES string of the molecule is Cn1ccnc1-c1nc2c(Oc3ccc(F)cc3)cc(Oc3cccnc3)cc2[nH]1. The van der Waals surface area contributed by atoms with Gasteiger partial charge in [-0.25, -0.2) is 14.4 Å². The number of ether oxygens (including phenoxy) is 2. The highest BCUT2D eigenvalue weighted by atomic mass is 19.1. The van der Waals surface area contributed by atoms with E-state index in [4.69, 9.17) is 9.47 Å². The average molecular weight is 401 g/mol. The number of benzene rings is 2. The van der Waals surface area contributed by atoms with Gasteiger partial charge in [-0.05, 0) is 36.4 Å². The molecule has 0 fully saturated rings. The van der Waals surface area contributed by atoms with Gasteiger partial charge in [-0.1, -0.05) is 0 Å². The van der Waals surface area contributed by atoms with Crippen LogP contribution in [0.1, 0.15) is 0 Å². The van der Waals surface area contributed by atoms with Crippen LogP contribution >= 0.6 is 0 Å². The summed E-state index contributed by atoms with van der Waals surface area (Å²) in [6.07, 6.45) is 6.84. The summed E-state index contributed by atoms with van der Waals surface area (Å²) in [5.41, 5.74) is 1.32. The molecule has 0 amide bonds. The number of nitrogens with zero attached hydrogens (tertiary/aromatic N) is 4. The number of nitrogens with one attached hydrogen (secondary N) is 1. The van der Waals surface area contributed by atoms with Crippen LogP contribution in [0.4, 0.5) is 4.39 Å². The predicted molar refractivity (Wildman–Crippen MR) is 109 cm³/mol. The van der Waals surface area contributed by atoms with Crippen LogP contribution < -0.4 is 9.47 Å². The van der Waals surface area contributed by atoms with Crippen molar-refractivity contribution >= 4 is 11.0 Å². The van der Waals surface area contributed by atoms with Gasteiger partial charge in [-0.15, -0.1) is 0 Å². The molecule has 0 aliphatic carbocycles. The molecule has 3 heterocycles. The minimum absolute atomic E-state index is 0.335. The molecule has 2 aromatic carbocycles. The van der Waals surface area contributed by atoms with Crippen LogP contribution in [0.15, 0.2) is 73.3 Å². The van der Waals surface area contributed by atoms with Crippen LogP contribution in [0.5, 0.6) is 23.0 Å². The zero-order chi connectivity index (χ0) is 20.5. The van der Waals surface area contributed by atoms with Gasteiger partial charge in [0.05, 0.1) is 11.7 Å². The van der Waals surface area contributed by atoms with Crippen molar-refractivity contribution in [2.24, 2.45) is 7.05 Å². The van der Waals surface area contributed by atoms with E-state index in [0.29, 0.717) is 45.7 Å². The fourth-order valence-corrected chi connectivity index (χ4v) is 3.07. The lowest BCUT2D eigenvalue weighted by Gasteiger charge is -2.10. The monoisotopic (exact) mass is 401 g/mol. The molecular weight excluding hydrogens is 385 g/mol. The van der Waals surface area contributed by atoms with Gasteiger partial charge in [0.15, 0.2) is 17.4 Å². The molecule has 5 aromatic rings. The van der Waals surface area contributed by atoms with E-state index in [-0.39, 0.29) is 5.82 Å². The summed E-state index contributed by atoms with van der Waals surface area (Å²) in [6.45, 7) is 0. The number of aromatic nitrogens is 5. The smallest absolute Gasteiger partial charge is 0.175 e. The van der Waals surface area contributed by atoms with E-state index in [2.05, 4.69) is 19.9 Å². The molecule has 0 aliphatic heterocycles. The van der Waals surface area contributed by atoms with Crippen molar-refractivity contribution in [1.82, 2.24) is 24.5 Å². The quantitative estimate of drug-likeness (QED) is 0.444. The molecule has 8 heteroatoms.